The second kappa shape index (κ2) is 8.37. The lowest BCUT2D eigenvalue weighted by Gasteiger charge is -2.33. The minimum absolute atomic E-state index is 0.131. The van der Waals surface area contributed by atoms with Gasteiger partial charge in [0.15, 0.2) is 0 Å². The predicted molar refractivity (Wildman–Crippen MR) is 98.0 cm³/mol. The molecule has 1 heterocycles. The molecule has 0 radical (unpaired) electrons. The number of benzene rings is 2. The molecule has 5 heteroatoms. The van der Waals surface area contributed by atoms with E-state index in [2.05, 4.69) is 0 Å². The van der Waals surface area contributed by atoms with Gasteiger partial charge < -0.3 is 14.4 Å². The van der Waals surface area contributed by atoms with Gasteiger partial charge >= 0.3 is 0 Å². The highest BCUT2D eigenvalue weighted by molar-refractivity contribution is 6.31. The zero-order valence-electron chi connectivity index (χ0n) is 14.3. The number of hydrogen-bond donors (Lipinski definition) is 0. The highest BCUT2D eigenvalue weighted by atomic mass is 35.5. The summed E-state index contributed by atoms with van der Waals surface area (Å²) >= 11 is 6.26. The van der Waals surface area contributed by atoms with Crippen molar-refractivity contribution in [3.8, 4) is 5.75 Å². The van der Waals surface area contributed by atoms with Gasteiger partial charge in [-0.25, -0.2) is 0 Å². The highest BCUT2D eigenvalue weighted by Crippen LogP contribution is 2.28. The molecule has 0 aliphatic carbocycles. The number of morpholine rings is 1. The lowest BCUT2D eigenvalue weighted by atomic mass is 10.1. The molecule has 0 bridgehead atoms. The largest absolute Gasteiger partial charge is 0.496 e. The number of nitrogens with zero attached hydrogens (tertiary/aromatic N) is 1. The molecule has 0 N–H and O–H groups in total. The summed E-state index contributed by atoms with van der Waals surface area (Å²) in [5.41, 5.74) is 1.99. The quantitative estimate of drug-likeness (QED) is 0.813. The summed E-state index contributed by atoms with van der Waals surface area (Å²) in [7, 11) is 1.65. The van der Waals surface area contributed by atoms with Crippen LogP contribution in [-0.4, -0.2) is 37.6 Å². The summed E-state index contributed by atoms with van der Waals surface area (Å²) in [5.74, 6) is 0.956. The van der Waals surface area contributed by atoms with Gasteiger partial charge in [0.25, 0.3) is 0 Å². The summed E-state index contributed by atoms with van der Waals surface area (Å²) in [6.07, 6.45) is 0.949. The Morgan fingerprint density at radius 1 is 1.24 bits per heavy atom. The summed E-state index contributed by atoms with van der Waals surface area (Å²) in [6.45, 7) is 1.68. The summed E-state index contributed by atoms with van der Waals surface area (Å²) in [6, 6.07) is 15.4. The first kappa shape index (κ1) is 17.8. The van der Waals surface area contributed by atoms with Gasteiger partial charge in [-0.2, -0.15) is 0 Å². The molecule has 0 spiro atoms. The number of carbonyl (C=O) groups is 1. The number of halogens is 1. The summed E-state index contributed by atoms with van der Waals surface area (Å²) < 4.78 is 11.2. The zero-order chi connectivity index (χ0) is 17.6. The van der Waals surface area contributed by atoms with E-state index in [0.29, 0.717) is 37.6 Å². The third kappa shape index (κ3) is 4.33. The van der Waals surface area contributed by atoms with Crippen LogP contribution in [0.5, 0.6) is 5.75 Å². The van der Waals surface area contributed by atoms with Crippen LogP contribution in [0.2, 0.25) is 5.02 Å². The number of methoxy groups -OCH3 is 1. The summed E-state index contributed by atoms with van der Waals surface area (Å²) in [5, 5.41) is 0.677. The van der Waals surface area contributed by atoms with Crippen LogP contribution in [0.1, 0.15) is 23.7 Å². The van der Waals surface area contributed by atoms with E-state index in [1.54, 1.807) is 7.11 Å². The first-order chi connectivity index (χ1) is 12.2. The van der Waals surface area contributed by atoms with Crippen LogP contribution in [0, 0.1) is 0 Å². The molecular formula is C20H22ClNO3. The van der Waals surface area contributed by atoms with E-state index in [-0.39, 0.29) is 12.0 Å². The molecule has 1 aliphatic rings. The van der Waals surface area contributed by atoms with Gasteiger partial charge in [0.1, 0.15) is 11.9 Å². The Balaban J connectivity index is 1.61. The van der Waals surface area contributed by atoms with Crippen LogP contribution in [0.3, 0.4) is 0 Å². The predicted octanol–water partition coefficient (Wildman–Crippen LogP) is 3.88. The maximum atomic E-state index is 12.6. The fourth-order valence-electron chi connectivity index (χ4n) is 3.11. The molecule has 3 rings (SSSR count). The van der Waals surface area contributed by atoms with Gasteiger partial charge in [-0.15, -0.1) is 0 Å². The van der Waals surface area contributed by atoms with Gasteiger partial charge in [-0.05, 0) is 24.1 Å². The molecule has 1 aliphatic heterocycles. The van der Waals surface area contributed by atoms with Crippen LogP contribution in [0.15, 0.2) is 48.5 Å². The number of ether oxygens (including phenoxy) is 2. The zero-order valence-corrected chi connectivity index (χ0v) is 15.0. The molecule has 1 fully saturated rings. The number of hydrogen-bond acceptors (Lipinski definition) is 3. The maximum absolute atomic E-state index is 12.6. The van der Waals surface area contributed by atoms with E-state index in [1.807, 2.05) is 53.4 Å². The minimum Gasteiger partial charge on any atom is -0.496 e. The van der Waals surface area contributed by atoms with Crippen LogP contribution < -0.4 is 4.74 Å². The Hall–Kier alpha value is -2.04. The van der Waals surface area contributed by atoms with Crippen molar-refractivity contribution in [3.63, 3.8) is 0 Å². The molecule has 2 aromatic rings. The first-order valence-electron chi connectivity index (χ1n) is 8.44. The standard InChI is InChI=1S/C20H22ClNO3/c1-24-18-9-5-2-6-15(18)10-11-20(23)22-12-13-25-19(14-22)16-7-3-4-8-17(16)21/h2-9,19H,10-14H2,1H3. The highest BCUT2D eigenvalue weighted by Gasteiger charge is 2.26. The van der Waals surface area contributed by atoms with E-state index in [4.69, 9.17) is 21.1 Å². The molecule has 0 saturated carbocycles. The first-order valence-corrected chi connectivity index (χ1v) is 8.82. The molecule has 132 valence electrons. The molecule has 1 amide bonds. The van der Waals surface area contributed by atoms with Gasteiger partial charge in [0.2, 0.25) is 5.91 Å². The van der Waals surface area contributed by atoms with Crippen LogP contribution in [-0.2, 0) is 16.0 Å². The smallest absolute Gasteiger partial charge is 0.223 e. The third-order valence-electron chi connectivity index (χ3n) is 4.47. The van der Waals surface area contributed by atoms with Crippen molar-refractivity contribution < 1.29 is 14.3 Å². The second-order valence-electron chi connectivity index (χ2n) is 6.03. The Morgan fingerprint density at radius 2 is 2.00 bits per heavy atom. The van der Waals surface area contributed by atoms with Crippen molar-refractivity contribution in [3.05, 3.63) is 64.7 Å². The number of aryl methyl sites for hydroxylation is 1. The monoisotopic (exact) mass is 359 g/mol. The Kier molecular flexibility index (Phi) is 5.95. The molecule has 25 heavy (non-hydrogen) atoms. The Morgan fingerprint density at radius 3 is 2.80 bits per heavy atom. The molecule has 4 nitrogen and oxygen atoms in total. The normalized spacial score (nSPS) is 17.4. The molecule has 1 unspecified atom stereocenters. The molecule has 2 aromatic carbocycles. The van der Waals surface area contributed by atoms with Gasteiger partial charge in [-0.1, -0.05) is 48.0 Å². The Bertz CT molecular complexity index is 734. The minimum atomic E-state index is -0.169. The van der Waals surface area contributed by atoms with Crippen molar-refractivity contribution in [2.24, 2.45) is 0 Å². The van der Waals surface area contributed by atoms with Crippen molar-refractivity contribution in [1.82, 2.24) is 4.90 Å². The molecule has 1 atom stereocenters. The van der Waals surface area contributed by atoms with Crippen molar-refractivity contribution in [1.29, 1.82) is 0 Å². The van der Waals surface area contributed by atoms with E-state index in [1.165, 1.54) is 0 Å². The molecule has 0 aromatic heterocycles. The third-order valence-corrected chi connectivity index (χ3v) is 4.82. The average molecular weight is 360 g/mol. The lowest BCUT2D eigenvalue weighted by Crippen LogP contribution is -2.42. The van der Waals surface area contributed by atoms with E-state index >= 15 is 0 Å². The van der Waals surface area contributed by atoms with Crippen molar-refractivity contribution in [2.75, 3.05) is 26.8 Å². The lowest BCUT2D eigenvalue weighted by molar-refractivity contribution is -0.139. The summed E-state index contributed by atoms with van der Waals surface area (Å²) in [4.78, 5) is 14.5. The number of rotatable bonds is 5. The fraction of sp³-hybridized carbons (Fsp3) is 0.350. The fourth-order valence-corrected chi connectivity index (χ4v) is 3.37. The number of amides is 1. The van der Waals surface area contributed by atoms with Crippen LogP contribution in [0.4, 0.5) is 0 Å². The van der Waals surface area contributed by atoms with Crippen molar-refractivity contribution >= 4 is 17.5 Å². The van der Waals surface area contributed by atoms with Crippen LogP contribution in [0.25, 0.3) is 0 Å². The van der Waals surface area contributed by atoms with Crippen LogP contribution >= 0.6 is 11.6 Å². The van der Waals surface area contributed by atoms with E-state index in [0.717, 1.165) is 16.9 Å². The van der Waals surface area contributed by atoms with Gasteiger partial charge in [0.05, 0.1) is 20.3 Å². The van der Waals surface area contributed by atoms with E-state index in [9.17, 15) is 4.79 Å². The average Bonchev–Trinajstić information content (AvgIpc) is 2.66. The molecular weight excluding hydrogens is 338 g/mol. The van der Waals surface area contributed by atoms with Gasteiger partial charge in [0, 0.05) is 23.6 Å². The Labute approximate surface area is 153 Å². The number of para-hydroxylation sites is 1. The molecule has 1 saturated heterocycles. The maximum Gasteiger partial charge on any atom is 0.223 e. The second-order valence-corrected chi connectivity index (χ2v) is 6.44. The number of carbonyl (C=O) groups excluding carboxylic acids is 1. The van der Waals surface area contributed by atoms with Gasteiger partial charge in [-0.3, -0.25) is 4.79 Å². The van der Waals surface area contributed by atoms with E-state index < -0.39 is 0 Å². The SMILES string of the molecule is COc1ccccc1CCC(=O)N1CCOC(c2ccccc2Cl)C1. The topological polar surface area (TPSA) is 38.8 Å². The van der Waals surface area contributed by atoms with Crippen molar-refractivity contribution in [2.45, 2.75) is 18.9 Å².